The van der Waals surface area contributed by atoms with Crippen LogP contribution < -0.4 is 9.54 Å². The summed E-state index contributed by atoms with van der Waals surface area (Å²) in [5, 5.41) is 7.63. The van der Waals surface area contributed by atoms with Crippen LogP contribution in [-0.2, 0) is 11.3 Å². The van der Waals surface area contributed by atoms with Gasteiger partial charge in [0.25, 0.3) is 0 Å². The number of carbonyl (C=O) groups excluding carboxylic acids is 1. The van der Waals surface area contributed by atoms with Gasteiger partial charge in [-0.25, -0.2) is 9.47 Å². The van der Waals surface area contributed by atoms with Crippen molar-refractivity contribution in [2.75, 3.05) is 7.11 Å². The minimum atomic E-state index is -0.352. The lowest BCUT2D eigenvalue weighted by Crippen LogP contribution is -2.19. The number of hydrogen-bond acceptors (Lipinski definition) is 6. The van der Waals surface area contributed by atoms with Gasteiger partial charge in [0.05, 0.1) is 30.6 Å². The second-order valence-corrected chi connectivity index (χ2v) is 10.7. The van der Waals surface area contributed by atoms with Gasteiger partial charge in [-0.3, -0.25) is 4.99 Å². The quantitative estimate of drug-likeness (QED) is 0.167. The van der Waals surface area contributed by atoms with Gasteiger partial charge >= 0.3 is 5.97 Å². The van der Waals surface area contributed by atoms with Gasteiger partial charge in [0.15, 0.2) is 0 Å². The van der Waals surface area contributed by atoms with E-state index in [0.717, 1.165) is 45.8 Å². The van der Waals surface area contributed by atoms with Gasteiger partial charge in [0.2, 0.25) is 4.80 Å². The van der Waals surface area contributed by atoms with Crippen LogP contribution in [0.4, 0.5) is 0 Å². The molecule has 0 atom stereocenters. The van der Waals surface area contributed by atoms with Gasteiger partial charge in [-0.1, -0.05) is 55.1 Å². The summed E-state index contributed by atoms with van der Waals surface area (Å²) < 4.78 is 12.6. The molecule has 1 heterocycles. The van der Waals surface area contributed by atoms with E-state index in [9.17, 15) is 4.79 Å². The fourth-order valence-corrected chi connectivity index (χ4v) is 5.61. The number of methoxy groups -OCH3 is 1. The van der Waals surface area contributed by atoms with E-state index in [0.29, 0.717) is 23.2 Å². The van der Waals surface area contributed by atoms with E-state index >= 15 is 0 Å². The number of thiazole rings is 1. The minimum absolute atomic E-state index is 0.346. The Kier molecular flexibility index (Phi) is 8.91. The van der Waals surface area contributed by atoms with Gasteiger partial charge in [-0.05, 0) is 72.5 Å². The monoisotopic (exact) mass is 559 g/mol. The Balaban J connectivity index is 1.32. The molecule has 1 aromatic heterocycles. The molecular formula is C31H30ClN3O3S. The van der Waals surface area contributed by atoms with Crippen molar-refractivity contribution in [1.82, 2.24) is 4.68 Å². The topological polar surface area (TPSA) is 65.2 Å². The van der Waals surface area contributed by atoms with E-state index < -0.39 is 0 Å². The van der Waals surface area contributed by atoms with Crippen molar-refractivity contribution >= 4 is 35.1 Å². The smallest absolute Gasteiger partial charge is 0.337 e. The van der Waals surface area contributed by atoms with Crippen LogP contribution in [-0.4, -0.2) is 30.0 Å². The first-order valence-electron chi connectivity index (χ1n) is 13.0. The maximum Gasteiger partial charge on any atom is 0.337 e. The van der Waals surface area contributed by atoms with Crippen LogP contribution in [0.25, 0.3) is 11.3 Å². The lowest BCUT2D eigenvalue weighted by Gasteiger charge is -2.16. The predicted octanol–water partition coefficient (Wildman–Crippen LogP) is 7.35. The molecule has 8 heteroatoms. The van der Waals surface area contributed by atoms with Crippen molar-refractivity contribution in [2.24, 2.45) is 10.1 Å². The molecule has 200 valence electrons. The van der Waals surface area contributed by atoms with Crippen molar-refractivity contribution in [3.05, 3.63) is 105 Å². The highest BCUT2D eigenvalue weighted by molar-refractivity contribution is 7.07. The summed E-state index contributed by atoms with van der Waals surface area (Å²) in [6.07, 6.45) is 7.87. The molecule has 4 aromatic rings. The third kappa shape index (κ3) is 7.05. The molecule has 0 unspecified atom stereocenters. The van der Waals surface area contributed by atoms with E-state index in [1.165, 1.54) is 26.4 Å². The minimum Gasteiger partial charge on any atom is -0.489 e. The zero-order chi connectivity index (χ0) is 27.0. The molecule has 0 bridgehead atoms. The van der Waals surface area contributed by atoms with Gasteiger partial charge in [-0.2, -0.15) is 5.10 Å². The number of halogens is 1. The van der Waals surface area contributed by atoms with Gasteiger partial charge < -0.3 is 9.47 Å². The highest BCUT2D eigenvalue weighted by Crippen LogP contribution is 2.25. The summed E-state index contributed by atoms with van der Waals surface area (Å²) in [6, 6.07) is 23.2. The van der Waals surface area contributed by atoms with Crippen LogP contribution in [0.5, 0.6) is 5.75 Å². The molecule has 0 saturated heterocycles. The second-order valence-electron chi connectivity index (χ2n) is 9.44. The summed E-state index contributed by atoms with van der Waals surface area (Å²) in [6.45, 7) is 0.397. The fraction of sp³-hybridized carbons (Fsp3) is 0.258. The molecule has 39 heavy (non-hydrogen) atoms. The zero-order valence-electron chi connectivity index (χ0n) is 21.8. The lowest BCUT2D eigenvalue weighted by atomic mass is 9.96. The average molecular weight is 560 g/mol. The molecule has 3 aromatic carbocycles. The Morgan fingerprint density at radius 2 is 1.82 bits per heavy atom. The summed E-state index contributed by atoms with van der Waals surface area (Å²) in [5.41, 5.74) is 4.39. The predicted molar refractivity (Wildman–Crippen MR) is 157 cm³/mol. The van der Waals surface area contributed by atoms with Crippen LogP contribution in [0.3, 0.4) is 0 Å². The third-order valence-electron chi connectivity index (χ3n) is 6.66. The molecule has 0 radical (unpaired) electrons. The first kappa shape index (κ1) is 26.9. The molecule has 1 aliphatic rings. The van der Waals surface area contributed by atoms with E-state index in [1.54, 1.807) is 23.5 Å². The van der Waals surface area contributed by atoms with E-state index in [4.69, 9.17) is 31.2 Å². The summed E-state index contributed by atoms with van der Waals surface area (Å²) in [5.74, 6) is 0.398. The Bertz CT molecular complexity index is 1500. The average Bonchev–Trinajstić information content (AvgIpc) is 3.38. The summed E-state index contributed by atoms with van der Waals surface area (Å²) >= 11 is 7.90. The molecular weight excluding hydrogens is 530 g/mol. The summed E-state index contributed by atoms with van der Waals surface area (Å²) in [7, 11) is 1.37. The van der Waals surface area contributed by atoms with Crippen LogP contribution in [0.15, 0.2) is 88.3 Å². The maximum atomic E-state index is 11.6. The van der Waals surface area contributed by atoms with Crippen LogP contribution in [0.2, 0.25) is 5.02 Å². The van der Waals surface area contributed by atoms with Crippen molar-refractivity contribution in [2.45, 2.75) is 44.8 Å². The van der Waals surface area contributed by atoms with Gasteiger partial charge in [-0.15, -0.1) is 11.3 Å². The van der Waals surface area contributed by atoms with Crippen molar-refractivity contribution in [1.29, 1.82) is 0 Å². The lowest BCUT2D eigenvalue weighted by molar-refractivity contribution is 0.0600. The van der Waals surface area contributed by atoms with Crippen LogP contribution in [0, 0.1) is 0 Å². The van der Waals surface area contributed by atoms with E-state index in [1.807, 2.05) is 71.6 Å². The standard InChI is InChI=1S/C31H30ClN3O3S/c1-37-30(36)24-14-10-23(11-15-24)20-38-28-16-12-22(13-17-28)19-33-35-29(25-6-5-7-26(32)18-25)21-39-31(35)34-27-8-3-2-4-9-27/h5-7,10-19,21,27H,2-4,8-9,20H2,1H3/b33-19-,34-31?. The van der Waals surface area contributed by atoms with Gasteiger partial charge in [0.1, 0.15) is 12.4 Å². The Hall–Kier alpha value is -3.68. The number of hydrogen-bond donors (Lipinski definition) is 0. The van der Waals surface area contributed by atoms with Gasteiger partial charge in [0, 0.05) is 16.0 Å². The highest BCUT2D eigenvalue weighted by atomic mass is 35.5. The molecule has 6 nitrogen and oxygen atoms in total. The number of carbonyl (C=O) groups is 1. The fourth-order valence-electron chi connectivity index (χ4n) is 4.51. The first-order chi connectivity index (χ1) is 19.1. The van der Waals surface area contributed by atoms with Crippen molar-refractivity contribution in [3.8, 4) is 17.0 Å². The van der Waals surface area contributed by atoms with Crippen LogP contribution >= 0.6 is 22.9 Å². The number of esters is 1. The molecule has 0 aliphatic heterocycles. The van der Waals surface area contributed by atoms with Crippen molar-refractivity contribution in [3.63, 3.8) is 0 Å². The molecule has 1 aliphatic carbocycles. The Morgan fingerprint density at radius 3 is 2.54 bits per heavy atom. The molecule has 0 N–H and O–H groups in total. The van der Waals surface area contributed by atoms with Crippen molar-refractivity contribution < 1.29 is 14.3 Å². The molecule has 0 spiro atoms. The summed E-state index contributed by atoms with van der Waals surface area (Å²) in [4.78, 5) is 17.6. The molecule has 1 fully saturated rings. The number of rotatable bonds is 8. The normalized spacial score (nSPS) is 14.6. The highest BCUT2D eigenvalue weighted by Gasteiger charge is 2.14. The third-order valence-corrected chi connectivity index (χ3v) is 7.72. The number of aromatic nitrogens is 1. The molecule has 0 amide bonds. The molecule has 1 saturated carbocycles. The second kappa shape index (κ2) is 12.9. The maximum absolute atomic E-state index is 11.6. The Morgan fingerprint density at radius 1 is 1.05 bits per heavy atom. The number of benzene rings is 3. The number of ether oxygens (including phenoxy) is 2. The first-order valence-corrected chi connectivity index (χ1v) is 14.3. The van der Waals surface area contributed by atoms with E-state index in [2.05, 4.69) is 5.38 Å². The largest absolute Gasteiger partial charge is 0.489 e. The van der Waals surface area contributed by atoms with Crippen LogP contribution in [0.1, 0.15) is 53.6 Å². The number of nitrogens with zero attached hydrogens (tertiary/aromatic N) is 3. The Labute approximate surface area is 237 Å². The zero-order valence-corrected chi connectivity index (χ0v) is 23.3. The SMILES string of the molecule is COC(=O)c1ccc(COc2ccc(/C=N\n3c(-c4cccc(Cl)c4)csc3=NC3CCCCC3)cc2)cc1. The molecule has 5 rings (SSSR count). The van der Waals surface area contributed by atoms with E-state index in [-0.39, 0.29) is 5.97 Å².